The molecule has 0 fully saturated rings. The SMILES string of the molecule is CCCCCCC(C)(OC)C(O)CC(O)c1ccccc1. The van der Waals surface area contributed by atoms with Crippen molar-refractivity contribution < 1.29 is 14.9 Å². The fourth-order valence-corrected chi connectivity index (χ4v) is 2.58. The first-order valence-electron chi connectivity index (χ1n) is 7.99. The van der Waals surface area contributed by atoms with Crippen LogP contribution in [-0.2, 0) is 4.74 Å². The van der Waals surface area contributed by atoms with Crippen molar-refractivity contribution in [1.82, 2.24) is 0 Å². The summed E-state index contributed by atoms with van der Waals surface area (Å²) in [5, 5.41) is 20.7. The molecule has 0 aliphatic heterocycles. The van der Waals surface area contributed by atoms with Crippen LogP contribution in [0.5, 0.6) is 0 Å². The van der Waals surface area contributed by atoms with E-state index in [1.54, 1.807) is 7.11 Å². The predicted octanol–water partition coefficient (Wildman–Crippen LogP) is 3.85. The van der Waals surface area contributed by atoms with Gasteiger partial charge >= 0.3 is 0 Å². The van der Waals surface area contributed by atoms with Gasteiger partial charge in [0.2, 0.25) is 0 Å². The van der Waals surface area contributed by atoms with Gasteiger partial charge in [-0.05, 0) is 18.9 Å². The molecule has 0 bridgehead atoms. The quantitative estimate of drug-likeness (QED) is 0.644. The molecule has 0 aromatic heterocycles. The summed E-state index contributed by atoms with van der Waals surface area (Å²) in [5.74, 6) is 0. The second-order valence-corrected chi connectivity index (χ2v) is 6.01. The maximum Gasteiger partial charge on any atom is 0.0909 e. The third-order valence-corrected chi connectivity index (χ3v) is 4.33. The number of hydrogen-bond acceptors (Lipinski definition) is 3. The zero-order valence-corrected chi connectivity index (χ0v) is 13.6. The second-order valence-electron chi connectivity index (χ2n) is 6.01. The molecule has 0 spiro atoms. The van der Waals surface area contributed by atoms with E-state index in [0.717, 1.165) is 24.8 Å². The molecule has 3 atom stereocenters. The van der Waals surface area contributed by atoms with Crippen LogP contribution in [0.1, 0.15) is 64.0 Å². The molecule has 0 aliphatic carbocycles. The van der Waals surface area contributed by atoms with Crippen molar-refractivity contribution >= 4 is 0 Å². The molecule has 0 heterocycles. The van der Waals surface area contributed by atoms with Crippen LogP contribution in [0.25, 0.3) is 0 Å². The van der Waals surface area contributed by atoms with E-state index in [1.807, 2.05) is 37.3 Å². The standard InChI is InChI=1S/C18H30O3/c1-4-5-6-10-13-18(2,21-3)17(20)14-16(19)15-11-8-7-9-12-15/h7-9,11-12,16-17,19-20H,4-6,10,13-14H2,1-3H3. The van der Waals surface area contributed by atoms with Crippen LogP contribution in [0.4, 0.5) is 0 Å². The number of hydrogen-bond donors (Lipinski definition) is 2. The van der Waals surface area contributed by atoms with Gasteiger partial charge in [0.15, 0.2) is 0 Å². The summed E-state index contributed by atoms with van der Waals surface area (Å²) in [7, 11) is 1.64. The average Bonchev–Trinajstić information content (AvgIpc) is 2.52. The monoisotopic (exact) mass is 294 g/mol. The Labute approximate surface area is 129 Å². The van der Waals surface area contributed by atoms with E-state index in [1.165, 1.54) is 12.8 Å². The summed E-state index contributed by atoms with van der Waals surface area (Å²) < 4.78 is 5.56. The Kier molecular flexibility index (Phi) is 7.94. The average molecular weight is 294 g/mol. The number of benzene rings is 1. The van der Waals surface area contributed by atoms with E-state index in [9.17, 15) is 10.2 Å². The summed E-state index contributed by atoms with van der Waals surface area (Å²) in [6.07, 6.45) is 4.36. The highest BCUT2D eigenvalue weighted by Crippen LogP contribution is 2.29. The topological polar surface area (TPSA) is 49.7 Å². The number of methoxy groups -OCH3 is 1. The van der Waals surface area contributed by atoms with Gasteiger partial charge in [-0.3, -0.25) is 0 Å². The van der Waals surface area contributed by atoms with E-state index in [0.29, 0.717) is 6.42 Å². The fourth-order valence-electron chi connectivity index (χ4n) is 2.58. The smallest absolute Gasteiger partial charge is 0.0909 e. The van der Waals surface area contributed by atoms with Crippen molar-refractivity contribution in [3.8, 4) is 0 Å². The van der Waals surface area contributed by atoms with E-state index in [-0.39, 0.29) is 0 Å². The molecule has 2 N–H and O–H groups in total. The molecule has 3 unspecified atom stereocenters. The minimum atomic E-state index is -0.681. The largest absolute Gasteiger partial charge is 0.390 e. The first kappa shape index (κ1) is 18.1. The van der Waals surface area contributed by atoms with Gasteiger partial charge in [-0.2, -0.15) is 0 Å². The van der Waals surface area contributed by atoms with E-state index < -0.39 is 17.8 Å². The summed E-state index contributed by atoms with van der Waals surface area (Å²) in [4.78, 5) is 0. The summed E-state index contributed by atoms with van der Waals surface area (Å²) in [6.45, 7) is 4.11. The third kappa shape index (κ3) is 5.77. The van der Waals surface area contributed by atoms with Crippen molar-refractivity contribution in [2.24, 2.45) is 0 Å². The first-order chi connectivity index (χ1) is 10.0. The predicted molar refractivity (Wildman–Crippen MR) is 86.2 cm³/mol. The molecule has 3 nitrogen and oxygen atoms in total. The maximum absolute atomic E-state index is 10.5. The van der Waals surface area contributed by atoms with Gasteiger partial charge in [-0.1, -0.05) is 62.9 Å². The number of aliphatic hydroxyl groups is 2. The molecule has 0 saturated heterocycles. The summed E-state index contributed by atoms with van der Waals surface area (Å²) in [5.41, 5.74) is 0.240. The molecule has 1 aromatic carbocycles. The van der Waals surface area contributed by atoms with Crippen LogP contribution < -0.4 is 0 Å². The lowest BCUT2D eigenvalue weighted by atomic mass is 9.87. The first-order valence-corrected chi connectivity index (χ1v) is 7.99. The highest BCUT2D eigenvalue weighted by molar-refractivity contribution is 5.17. The van der Waals surface area contributed by atoms with Crippen molar-refractivity contribution in [2.75, 3.05) is 7.11 Å². The van der Waals surface area contributed by atoms with Gasteiger partial charge in [0.25, 0.3) is 0 Å². The molecule has 1 rings (SSSR count). The zero-order chi connectivity index (χ0) is 15.7. The van der Waals surface area contributed by atoms with Crippen LogP contribution in [0, 0.1) is 0 Å². The Bertz CT molecular complexity index is 379. The van der Waals surface area contributed by atoms with Gasteiger partial charge < -0.3 is 14.9 Å². The molecule has 0 saturated carbocycles. The number of ether oxygens (including phenoxy) is 1. The zero-order valence-electron chi connectivity index (χ0n) is 13.6. The van der Waals surface area contributed by atoms with Crippen molar-refractivity contribution in [1.29, 1.82) is 0 Å². The Morgan fingerprint density at radius 2 is 1.76 bits per heavy atom. The minimum absolute atomic E-state index is 0.294. The van der Waals surface area contributed by atoms with Gasteiger partial charge in [-0.25, -0.2) is 0 Å². The third-order valence-electron chi connectivity index (χ3n) is 4.33. The molecular formula is C18H30O3. The van der Waals surface area contributed by atoms with Gasteiger partial charge in [0.1, 0.15) is 0 Å². The highest BCUT2D eigenvalue weighted by Gasteiger charge is 2.34. The number of aliphatic hydroxyl groups excluding tert-OH is 2. The van der Waals surface area contributed by atoms with Gasteiger partial charge in [0.05, 0.1) is 17.8 Å². The van der Waals surface area contributed by atoms with Crippen LogP contribution in [0.3, 0.4) is 0 Å². The van der Waals surface area contributed by atoms with E-state index in [2.05, 4.69) is 6.92 Å². The minimum Gasteiger partial charge on any atom is -0.390 e. The number of unbranched alkanes of at least 4 members (excludes halogenated alkanes) is 3. The molecule has 120 valence electrons. The lowest BCUT2D eigenvalue weighted by molar-refractivity contribution is -0.110. The molecule has 3 heteroatoms. The summed E-state index contributed by atoms with van der Waals surface area (Å²) >= 11 is 0. The Balaban J connectivity index is 2.55. The Morgan fingerprint density at radius 3 is 2.33 bits per heavy atom. The maximum atomic E-state index is 10.5. The Morgan fingerprint density at radius 1 is 1.10 bits per heavy atom. The van der Waals surface area contributed by atoms with Crippen molar-refractivity contribution in [2.45, 2.75) is 70.2 Å². The second kappa shape index (κ2) is 9.19. The lowest BCUT2D eigenvalue weighted by Crippen LogP contribution is -2.42. The highest BCUT2D eigenvalue weighted by atomic mass is 16.5. The van der Waals surface area contributed by atoms with Crippen LogP contribution in [0.15, 0.2) is 30.3 Å². The van der Waals surface area contributed by atoms with Crippen molar-refractivity contribution in [3.05, 3.63) is 35.9 Å². The molecule has 0 amide bonds. The molecular weight excluding hydrogens is 264 g/mol. The Hall–Kier alpha value is -0.900. The molecule has 21 heavy (non-hydrogen) atoms. The molecule has 1 aromatic rings. The van der Waals surface area contributed by atoms with Crippen LogP contribution in [0.2, 0.25) is 0 Å². The summed E-state index contributed by atoms with van der Waals surface area (Å²) in [6, 6.07) is 9.46. The van der Waals surface area contributed by atoms with Gasteiger partial charge in [-0.15, -0.1) is 0 Å². The van der Waals surface area contributed by atoms with E-state index in [4.69, 9.17) is 4.74 Å². The van der Waals surface area contributed by atoms with Crippen molar-refractivity contribution in [3.63, 3.8) is 0 Å². The molecule has 0 aliphatic rings. The lowest BCUT2D eigenvalue weighted by Gasteiger charge is -2.34. The van der Waals surface area contributed by atoms with Crippen LogP contribution in [-0.4, -0.2) is 29.0 Å². The molecule has 0 radical (unpaired) electrons. The van der Waals surface area contributed by atoms with Gasteiger partial charge in [0, 0.05) is 13.5 Å². The van der Waals surface area contributed by atoms with Crippen LogP contribution >= 0.6 is 0 Å². The fraction of sp³-hybridized carbons (Fsp3) is 0.667. The normalized spacial score (nSPS) is 17.2. The van der Waals surface area contributed by atoms with E-state index >= 15 is 0 Å². The number of rotatable bonds is 10.